The van der Waals surface area contributed by atoms with Crippen LogP contribution < -0.4 is 5.32 Å². The minimum atomic E-state index is 0.274. The Labute approximate surface area is 92.0 Å². The molecule has 1 aromatic rings. The van der Waals surface area contributed by atoms with E-state index in [2.05, 4.69) is 33.2 Å². The van der Waals surface area contributed by atoms with Crippen molar-refractivity contribution in [3.8, 4) is 0 Å². The van der Waals surface area contributed by atoms with Gasteiger partial charge in [0.05, 0.1) is 12.1 Å². The van der Waals surface area contributed by atoms with E-state index in [9.17, 15) is 0 Å². The summed E-state index contributed by atoms with van der Waals surface area (Å²) in [5, 5.41) is 3.37. The maximum absolute atomic E-state index is 5.47. The van der Waals surface area contributed by atoms with Crippen LogP contribution in [0.4, 0.5) is 5.82 Å². The quantitative estimate of drug-likeness (QED) is 0.826. The number of aromatic nitrogens is 1. The molecule has 1 aliphatic rings. The summed E-state index contributed by atoms with van der Waals surface area (Å²) in [5.41, 5.74) is 0. The van der Waals surface area contributed by atoms with Crippen LogP contribution in [0.1, 0.15) is 13.3 Å². The van der Waals surface area contributed by atoms with Gasteiger partial charge in [-0.1, -0.05) is 6.07 Å². The lowest BCUT2D eigenvalue weighted by Gasteiger charge is -2.16. The third-order valence-corrected chi connectivity index (χ3v) is 2.87. The SMILES string of the molecule is CC1OCCC1Nc1cccc(Br)n1. The van der Waals surface area contributed by atoms with Crippen LogP contribution in [0, 0.1) is 0 Å². The van der Waals surface area contributed by atoms with Gasteiger partial charge in [0.25, 0.3) is 0 Å². The number of hydrogen-bond acceptors (Lipinski definition) is 3. The predicted octanol–water partition coefficient (Wildman–Crippen LogP) is 2.43. The van der Waals surface area contributed by atoms with Gasteiger partial charge < -0.3 is 10.1 Å². The molecule has 0 spiro atoms. The molecule has 0 amide bonds. The van der Waals surface area contributed by atoms with E-state index in [1.54, 1.807) is 0 Å². The molecular formula is C10H13BrN2O. The largest absolute Gasteiger partial charge is 0.376 e. The number of nitrogens with one attached hydrogen (secondary N) is 1. The molecule has 14 heavy (non-hydrogen) atoms. The molecule has 1 fully saturated rings. The number of halogens is 1. The Kier molecular flexibility index (Phi) is 3.03. The second-order valence-electron chi connectivity index (χ2n) is 3.46. The second-order valence-corrected chi connectivity index (χ2v) is 4.27. The highest BCUT2D eigenvalue weighted by Gasteiger charge is 2.23. The first-order chi connectivity index (χ1) is 6.75. The highest BCUT2D eigenvalue weighted by Crippen LogP contribution is 2.18. The molecule has 2 unspecified atom stereocenters. The number of hydrogen-bond donors (Lipinski definition) is 1. The van der Waals surface area contributed by atoms with Crippen LogP contribution in [-0.2, 0) is 4.74 Å². The molecule has 2 atom stereocenters. The first-order valence-corrected chi connectivity index (χ1v) is 5.56. The van der Waals surface area contributed by atoms with Crippen molar-refractivity contribution in [3.63, 3.8) is 0 Å². The van der Waals surface area contributed by atoms with Crippen LogP contribution in [-0.4, -0.2) is 23.7 Å². The molecule has 0 aliphatic carbocycles. The zero-order valence-corrected chi connectivity index (χ0v) is 9.62. The van der Waals surface area contributed by atoms with Gasteiger partial charge in [-0.2, -0.15) is 0 Å². The molecule has 1 aromatic heterocycles. The molecule has 1 saturated heterocycles. The van der Waals surface area contributed by atoms with Crippen molar-refractivity contribution in [1.29, 1.82) is 0 Å². The summed E-state index contributed by atoms with van der Waals surface area (Å²) in [7, 11) is 0. The van der Waals surface area contributed by atoms with Gasteiger partial charge in [-0.3, -0.25) is 0 Å². The van der Waals surface area contributed by atoms with E-state index in [-0.39, 0.29) is 6.10 Å². The van der Waals surface area contributed by atoms with Gasteiger partial charge >= 0.3 is 0 Å². The minimum Gasteiger partial charge on any atom is -0.376 e. The fourth-order valence-electron chi connectivity index (χ4n) is 1.60. The van der Waals surface area contributed by atoms with Crippen LogP contribution in [0.2, 0.25) is 0 Å². The molecule has 4 heteroatoms. The van der Waals surface area contributed by atoms with Crippen molar-refractivity contribution in [1.82, 2.24) is 4.98 Å². The minimum absolute atomic E-state index is 0.274. The summed E-state index contributed by atoms with van der Waals surface area (Å²) >= 11 is 3.34. The van der Waals surface area contributed by atoms with Crippen molar-refractivity contribution >= 4 is 21.7 Å². The summed E-state index contributed by atoms with van der Waals surface area (Å²) in [4.78, 5) is 4.32. The van der Waals surface area contributed by atoms with Gasteiger partial charge in [0.15, 0.2) is 0 Å². The van der Waals surface area contributed by atoms with Crippen LogP contribution >= 0.6 is 15.9 Å². The molecule has 0 radical (unpaired) electrons. The fraction of sp³-hybridized carbons (Fsp3) is 0.500. The zero-order valence-electron chi connectivity index (χ0n) is 8.03. The molecule has 2 heterocycles. The Balaban J connectivity index is 2.03. The van der Waals surface area contributed by atoms with Crippen molar-refractivity contribution < 1.29 is 4.74 Å². The molecule has 76 valence electrons. The van der Waals surface area contributed by atoms with Gasteiger partial charge in [0, 0.05) is 6.61 Å². The third kappa shape index (κ3) is 2.25. The van der Waals surface area contributed by atoms with Gasteiger partial charge in [0.1, 0.15) is 10.4 Å². The molecule has 1 aliphatic heterocycles. The summed E-state index contributed by atoms with van der Waals surface area (Å²) in [6.45, 7) is 2.93. The maximum atomic E-state index is 5.47. The van der Waals surface area contributed by atoms with E-state index in [4.69, 9.17) is 4.74 Å². The lowest BCUT2D eigenvalue weighted by atomic mass is 10.1. The molecule has 2 rings (SSSR count). The summed E-state index contributed by atoms with van der Waals surface area (Å²) in [5.74, 6) is 0.904. The van der Waals surface area contributed by atoms with Gasteiger partial charge in [-0.25, -0.2) is 4.98 Å². The first-order valence-electron chi connectivity index (χ1n) is 4.76. The highest BCUT2D eigenvalue weighted by molar-refractivity contribution is 9.10. The zero-order chi connectivity index (χ0) is 9.97. The predicted molar refractivity (Wildman–Crippen MR) is 59.4 cm³/mol. The smallest absolute Gasteiger partial charge is 0.127 e. The van der Waals surface area contributed by atoms with Crippen LogP contribution in [0.15, 0.2) is 22.8 Å². The van der Waals surface area contributed by atoms with E-state index in [0.29, 0.717) is 6.04 Å². The second kappa shape index (κ2) is 4.28. The Hall–Kier alpha value is -0.610. The molecule has 1 N–H and O–H groups in total. The van der Waals surface area contributed by atoms with E-state index >= 15 is 0 Å². The van der Waals surface area contributed by atoms with Crippen molar-refractivity contribution in [3.05, 3.63) is 22.8 Å². The Morgan fingerprint density at radius 2 is 2.43 bits per heavy atom. The lowest BCUT2D eigenvalue weighted by molar-refractivity contribution is 0.121. The van der Waals surface area contributed by atoms with Crippen molar-refractivity contribution in [2.24, 2.45) is 0 Å². The van der Waals surface area contributed by atoms with Crippen LogP contribution in [0.3, 0.4) is 0 Å². The first kappa shape index (κ1) is 9.93. The summed E-state index contributed by atoms with van der Waals surface area (Å²) < 4.78 is 6.32. The molecule has 0 bridgehead atoms. The standard InChI is InChI=1S/C10H13BrN2O/c1-7-8(5-6-14-7)12-10-4-2-3-9(11)13-10/h2-4,7-8H,5-6H2,1H3,(H,12,13). The number of anilines is 1. The van der Waals surface area contributed by atoms with Gasteiger partial charge in [-0.15, -0.1) is 0 Å². The van der Waals surface area contributed by atoms with E-state index in [0.717, 1.165) is 23.4 Å². The average Bonchev–Trinajstić information content (AvgIpc) is 2.52. The summed E-state index contributed by atoms with van der Waals surface area (Å²) in [6, 6.07) is 6.24. The van der Waals surface area contributed by atoms with Crippen molar-refractivity contribution in [2.75, 3.05) is 11.9 Å². The number of ether oxygens (including phenoxy) is 1. The maximum Gasteiger partial charge on any atom is 0.127 e. The number of nitrogens with zero attached hydrogens (tertiary/aromatic N) is 1. The Morgan fingerprint density at radius 1 is 1.57 bits per heavy atom. The lowest BCUT2D eigenvalue weighted by Crippen LogP contribution is -2.27. The van der Waals surface area contributed by atoms with Crippen molar-refractivity contribution in [2.45, 2.75) is 25.5 Å². The highest BCUT2D eigenvalue weighted by atomic mass is 79.9. The summed E-state index contributed by atoms with van der Waals surface area (Å²) in [6.07, 6.45) is 1.32. The number of rotatable bonds is 2. The molecule has 3 nitrogen and oxygen atoms in total. The third-order valence-electron chi connectivity index (χ3n) is 2.42. The topological polar surface area (TPSA) is 34.1 Å². The average molecular weight is 257 g/mol. The van der Waals surface area contributed by atoms with Crippen LogP contribution in [0.25, 0.3) is 0 Å². The van der Waals surface area contributed by atoms with E-state index in [1.165, 1.54) is 0 Å². The Morgan fingerprint density at radius 3 is 3.07 bits per heavy atom. The van der Waals surface area contributed by atoms with Gasteiger partial charge in [-0.05, 0) is 41.4 Å². The molecular weight excluding hydrogens is 244 g/mol. The molecule has 0 saturated carbocycles. The fourth-order valence-corrected chi connectivity index (χ4v) is 1.94. The van der Waals surface area contributed by atoms with E-state index < -0.39 is 0 Å². The van der Waals surface area contributed by atoms with Crippen LogP contribution in [0.5, 0.6) is 0 Å². The van der Waals surface area contributed by atoms with Gasteiger partial charge in [0.2, 0.25) is 0 Å². The monoisotopic (exact) mass is 256 g/mol. The Bertz CT molecular complexity index is 319. The normalized spacial score (nSPS) is 26.4. The van der Waals surface area contributed by atoms with E-state index in [1.807, 2.05) is 18.2 Å². The molecule has 0 aromatic carbocycles. The number of pyridine rings is 1.